The molecule has 0 saturated carbocycles. The summed E-state index contributed by atoms with van der Waals surface area (Å²) < 4.78 is 0. The molecule has 0 aromatic carbocycles. The molecule has 1 N–H and O–H groups in total. The zero-order valence-corrected chi connectivity index (χ0v) is 8.31. The summed E-state index contributed by atoms with van der Waals surface area (Å²) in [6.07, 6.45) is 4.27. The minimum absolute atomic E-state index is 0.279. The van der Waals surface area contributed by atoms with Crippen LogP contribution in [0.1, 0.15) is 40.0 Å². The van der Waals surface area contributed by atoms with Crippen LogP contribution >= 0.6 is 0 Å². The molecule has 0 fully saturated rings. The number of hydrogen-bond acceptors (Lipinski definition) is 2. The third kappa shape index (κ3) is 4.16. The monoisotopic (exact) mass is 169 g/mol. The second kappa shape index (κ2) is 6.89. The number of Topliss-reactive ketones (excluding diaryl/α,β-unsaturated/α-hetero) is 1. The highest BCUT2D eigenvalue weighted by atomic mass is 16.1. The van der Waals surface area contributed by atoms with Crippen LogP contribution in [-0.4, -0.2) is 12.3 Å². The Morgan fingerprint density at radius 1 is 1.33 bits per heavy atom. The predicted molar refractivity (Wildman–Crippen MR) is 52.0 cm³/mol. The molecule has 0 unspecified atom stereocenters. The van der Waals surface area contributed by atoms with Gasteiger partial charge in [0.1, 0.15) is 0 Å². The zero-order valence-electron chi connectivity index (χ0n) is 8.31. The van der Waals surface area contributed by atoms with Crippen LogP contribution in [0.2, 0.25) is 0 Å². The van der Waals surface area contributed by atoms with Gasteiger partial charge in [-0.3, -0.25) is 4.79 Å². The van der Waals surface area contributed by atoms with Gasteiger partial charge in [-0.2, -0.15) is 0 Å². The number of hydrogen-bond donors (Lipinski definition) is 1. The molecule has 2 nitrogen and oxygen atoms in total. The summed E-state index contributed by atoms with van der Waals surface area (Å²) in [5.41, 5.74) is 0.915. The van der Waals surface area contributed by atoms with Gasteiger partial charge in [0.05, 0.1) is 0 Å². The minimum atomic E-state index is 0.279. The average molecular weight is 169 g/mol. The highest BCUT2D eigenvalue weighted by Crippen LogP contribution is 2.05. The summed E-state index contributed by atoms with van der Waals surface area (Å²) >= 11 is 0. The molecule has 12 heavy (non-hydrogen) atoms. The first-order valence-corrected chi connectivity index (χ1v) is 4.71. The summed E-state index contributed by atoms with van der Waals surface area (Å²) in [5, 5.41) is 3.06. The van der Waals surface area contributed by atoms with Crippen molar-refractivity contribution in [3.63, 3.8) is 0 Å². The first-order valence-electron chi connectivity index (χ1n) is 4.71. The van der Waals surface area contributed by atoms with E-state index >= 15 is 0 Å². The number of carbonyl (C=O) groups is 1. The molecule has 0 atom stereocenters. The van der Waals surface area contributed by atoms with Crippen molar-refractivity contribution in [3.05, 3.63) is 11.8 Å². The fourth-order valence-electron chi connectivity index (χ4n) is 0.993. The van der Waals surface area contributed by atoms with Crippen molar-refractivity contribution >= 4 is 5.78 Å². The van der Waals surface area contributed by atoms with Crippen LogP contribution in [0.15, 0.2) is 11.8 Å². The van der Waals surface area contributed by atoms with Crippen LogP contribution in [0.4, 0.5) is 0 Å². The molecule has 0 heterocycles. The Kier molecular flexibility index (Phi) is 6.44. The molecule has 0 aromatic rings. The molecule has 70 valence electrons. The molecule has 0 spiro atoms. The van der Waals surface area contributed by atoms with Crippen molar-refractivity contribution in [1.82, 2.24) is 5.32 Å². The summed E-state index contributed by atoms with van der Waals surface area (Å²) in [6, 6.07) is 0. The van der Waals surface area contributed by atoms with Crippen molar-refractivity contribution < 1.29 is 4.79 Å². The van der Waals surface area contributed by atoms with Gasteiger partial charge in [0.15, 0.2) is 5.78 Å². The molecule has 0 rings (SSSR count). The van der Waals surface area contributed by atoms with Gasteiger partial charge < -0.3 is 5.32 Å². The topological polar surface area (TPSA) is 29.1 Å². The highest BCUT2D eigenvalue weighted by Gasteiger charge is 2.04. The number of allylic oxidation sites excluding steroid dienone is 1. The molecule has 0 aliphatic heterocycles. The fraction of sp³-hybridized carbons (Fsp3) is 0.700. The zero-order chi connectivity index (χ0) is 9.40. The van der Waals surface area contributed by atoms with E-state index in [9.17, 15) is 4.79 Å². The van der Waals surface area contributed by atoms with Gasteiger partial charge in [-0.05, 0) is 19.8 Å². The van der Waals surface area contributed by atoms with Gasteiger partial charge in [-0.15, -0.1) is 0 Å². The molecular formula is C10H19NO. The summed E-state index contributed by atoms with van der Waals surface area (Å²) in [4.78, 5) is 11.4. The summed E-state index contributed by atoms with van der Waals surface area (Å²) in [6.45, 7) is 6.94. The second-order valence-corrected chi connectivity index (χ2v) is 2.75. The normalized spacial score (nSPS) is 11.4. The molecule has 0 aliphatic rings. The molecule has 0 aromatic heterocycles. The Bertz CT molecular complexity index is 161. The van der Waals surface area contributed by atoms with Crippen LogP contribution in [0.3, 0.4) is 0 Å². The second-order valence-electron chi connectivity index (χ2n) is 2.75. The number of rotatable bonds is 6. The van der Waals surface area contributed by atoms with Gasteiger partial charge in [0.2, 0.25) is 0 Å². The minimum Gasteiger partial charge on any atom is -0.391 e. The van der Waals surface area contributed by atoms with E-state index in [0.717, 1.165) is 25.0 Å². The molecule has 0 saturated heterocycles. The summed E-state index contributed by atoms with van der Waals surface area (Å²) in [7, 11) is 0. The van der Waals surface area contributed by atoms with E-state index in [4.69, 9.17) is 0 Å². The summed E-state index contributed by atoms with van der Waals surface area (Å²) in [5.74, 6) is 0.279. The first-order chi connectivity index (χ1) is 5.76. The van der Waals surface area contributed by atoms with E-state index in [1.807, 2.05) is 27.0 Å². The lowest BCUT2D eigenvalue weighted by Gasteiger charge is -2.02. The smallest absolute Gasteiger partial charge is 0.160 e. The molecule has 0 aliphatic carbocycles. The maximum atomic E-state index is 11.4. The third-order valence-electron chi connectivity index (χ3n) is 1.70. The molecule has 0 bridgehead atoms. The maximum Gasteiger partial charge on any atom is 0.160 e. The Labute approximate surface area is 75.0 Å². The first kappa shape index (κ1) is 11.2. The van der Waals surface area contributed by atoms with E-state index in [-0.39, 0.29) is 5.78 Å². The Morgan fingerprint density at radius 3 is 2.42 bits per heavy atom. The van der Waals surface area contributed by atoms with E-state index in [1.165, 1.54) is 0 Å². The number of ketones is 1. The Balaban J connectivity index is 4.04. The standard InChI is InChI=1S/C10H19NO/c1-4-7-10(12)9(5-2)8-11-6-3/h8,11H,4-7H2,1-3H3/b9-8+. The molecular weight excluding hydrogens is 150 g/mol. The SMILES string of the molecule is CCCC(=O)/C(=C/NCC)CC. The van der Waals surface area contributed by atoms with Crippen LogP contribution < -0.4 is 5.32 Å². The Hall–Kier alpha value is -0.790. The van der Waals surface area contributed by atoms with E-state index < -0.39 is 0 Å². The molecule has 2 heteroatoms. The average Bonchev–Trinajstić information content (AvgIpc) is 2.06. The van der Waals surface area contributed by atoms with Gasteiger partial charge in [0, 0.05) is 24.7 Å². The molecule has 0 radical (unpaired) electrons. The van der Waals surface area contributed by atoms with Gasteiger partial charge >= 0.3 is 0 Å². The van der Waals surface area contributed by atoms with Crippen molar-refractivity contribution in [3.8, 4) is 0 Å². The van der Waals surface area contributed by atoms with Crippen LogP contribution in [-0.2, 0) is 4.79 Å². The third-order valence-corrected chi connectivity index (χ3v) is 1.70. The van der Waals surface area contributed by atoms with Crippen LogP contribution in [0.25, 0.3) is 0 Å². The van der Waals surface area contributed by atoms with E-state index in [1.54, 1.807) is 0 Å². The lowest BCUT2D eigenvalue weighted by atomic mass is 10.1. The number of carbonyl (C=O) groups excluding carboxylic acids is 1. The van der Waals surface area contributed by atoms with Gasteiger partial charge in [-0.1, -0.05) is 13.8 Å². The van der Waals surface area contributed by atoms with Crippen molar-refractivity contribution in [2.24, 2.45) is 0 Å². The van der Waals surface area contributed by atoms with E-state index in [0.29, 0.717) is 6.42 Å². The van der Waals surface area contributed by atoms with E-state index in [2.05, 4.69) is 5.32 Å². The highest BCUT2D eigenvalue weighted by molar-refractivity contribution is 5.95. The maximum absolute atomic E-state index is 11.4. The van der Waals surface area contributed by atoms with Crippen LogP contribution in [0, 0.1) is 0 Å². The fourth-order valence-corrected chi connectivity index (χ4v) is 0.993. The van der Waals surface area contributed by atoms with Gasteiger partial charge in [0.25, 0.3) is 0 Å². The van der Waals surface area contributed by atoms with Crippen LogP contribution in [0.5, 0.6) is 0 Å². The van der Waals surface area contributed by atoms with Crippen molar-refractivity contribution in [2.45, 2.75) is 40.0 Å². The lowest BCUT2D eigenvalue weighted by molar-refractivity contribution is -0.115. The van der Waals surface area contributed by atoms with Crippen molar-refractivity contribution in [2.75, 3.05) is 6.54 Å². The largest absolute Gasteiger partial charge is 0.391 e. The quantitative estimate of drug-likeness (QED) is 0.618. The lowest BCUT2D eigenvalue weighted by Crippen LogP contribution is -2.09. The number of nitrogens with one attached hydrogen (secondary N) is 1. The predicted octanol–water partition coefficient (Wildman–Crippen LogP) is 2.26. The van der Waals surface area contributed by atoms with Crippen molar-refractivity contribution in [1.29, 1.82) is 0 Å². The van der Waals surface area contributed by atoms with Gasteiger partial charge in [-0.25, -0.2) is 0 Å². The molecule has 0 amide bonds. The Morgan fingerprint density at radius 2 is 2.00 bits per heavy atom.